The molecule has 0 bridgehead atoms. The molecule has 0 saturated carbocycles. The van der Waals surface area contributed by atoms with Crippen molar-refractivity contribution in [3.05, 3.63) is 29.3 Å². The highest BCUT2D eigenvalue weighted by Crippen LogP contribution is 2.22. The molecule has 0 fully saturated rings. The molecule has 19 heavy (non-hydrogen) atoms. The second kappa shape index (κ2) is 6.78. The monoisotopic (exact) mass is 266 g/mol. The molecule has 0 saturated heterocycles. The summed E-state index contributed by atoms with van der Waals surface area (Å²) in [6, 6.07) is 4.53. The van der Waals surface area contributed by atoms with Crippen molar-refractivity contribution in [2.75, 3.05) is 20.8 Å². The zero-order valence-corrected chi connectivity index (χ0v) is 11.6. The maximum atomic E-state index is 11.7. The molecule has 5 nitrogen and oxygen atoms in total. The van der Waals surface area contributed by atoms with Gasteiger partial charge in [-0.2, -0.15) is 0 Å². The zero-order valence-electron chi connectivity index (χ0n) is 11.6. The van der Waals surface area contributed by atoms with Crippen LogP contribution in [0.4, 0.5) is 0 Å². The molecule has 0 aromatic heterocycles. The molecular formula is C14H18O5. The van der Waals surface area contributed by atoms with Gasteiger partial charge in [0.25, 0.3) is 0 Å². The van der Waals surface area contributed by atoms with Crippen molar-refractivity contribution in [3.63, 3.8) is 0 Å². The molecule has 0 heterocycles. The first kappa shape index (κ1) is 15.0. The molecule has 0 aliphatic heterocycles. The zero-order chi connectivity index (χ0) is 14.4. The molecule has 0 spiro atoms. The Kier molecular flexibility index (Phi) is 5.36. The highest BCUT2D eigenvalue weighted by atomic mass is 16.5. The number of methoxy groups -OCH3 is 2. The maximum absolute atomic E-state index is 11.7. The van der Waals surface area contributed by atoms with Crippen molar-refractivity contribution in [2.24, 2.45) is 5.92 Å². The molecule has 0 aliphatic carbocycles. The number of carbonyl (C=O) groups excluding carboxylic acids is 2. The van der Waals surface area contributed by atoms with Crippen LogP contribution in [0.2, 0.25) is 0 Å². The Morgan fingerprint density at radius 2 is 1.74 bits per heavy atom. The number of hydrogen-bond acceptors (Lipinski definition) is 5. The average molecular weight is 266 g/mol. The van der Waals surface area contributed by atoms with E-state index in [0.717, 1.165) is 0 Å². The van der Waals surface area contributed by atoms with Crippen LogP contribution in [-0.4, -0.2) is 32.8 Å². The quantitative estimate of drug-likeness (QED) is 0.765. The fourth-order valence-electron chi connectivity index (χ4n) is 1.43. The van der Waals surface area contributed by atoms with E-state index < -0.39 is 11.9 Å². The highest BCUT2D eigenvalue weighted by Gasteiger charge is 2.17. The molecule has 1 rings (SSSR count). The summed E-state index contributed by atoms with van der Waals surface area (Å²) >= 11 is 0. The van der Waals surface area contributed by atoms with Gasteiger partial charge in [0.05, 0.1) is 26.4 Å². The van der Waals surface area contributed by atoms with E-state index in [1.54, 1.807) is 12.1 Å². The van der Waals surface area contributed by atoms with Gasteiger partial charge in [-0.15, -0.1) is 0 Å². The first-order valence-corrected chi connectivity index (χ1v) is 5.93. The fourth-order valence-corrected chi connectivity index (χ4v) is 1.43. The van der Waals surface area contributed by atoms with E-state index in [4.69, 9.17) is 4.74 Å². The molecule has 1 aromatic rings. The van der Waals surface area contributed by atoms with E-state index in [1.165, 1.54) is 20.3 Å². The molecule has 0 aliphatic rings. The van der Waals surface area contributed by atoms with Gasteiger partial charge >= 0.3 is 11.9 Å². The van der Waals surface area contributed by atoms with Crippen molar-refractivity contribution >= 4 is 11.9 Å². The topological polar surface area (TPSA) is 61.8 Å². The van der Waals surface area contributed by atoms with E-state index in [2.05, 4.69) is 9.47 Å². The van der Waals surface area contributed by atoms with Gasteiger partial charge in [0.2, 0.25) is 0 Å². The lowest BCUT2D eigenvalue weighted by Gasteiger charge is -2.12. The van der Waals surface area contributed by atoms with Crippen LogP contribution >= 0.6 is 0 Å². The van der Waals surface area contributed by atoms with Crippen molar-refractivity contribution in [1.29, 1.82) is 0 Å². The maximum Gasteiger partial charge on any atom is 0.341 e. The fraction of sp³-hybridized carbons (Fsp3) is 0.429. The Balaban J connectivity index is 3.09. The molecule has 0 radical (unpaired) electrons. The number of carbonyl (C=O) groups is 2. The van der Waals surface area contributed by atoms with Crippen LogP contribution in [-0.2, 0) is 9.47 Å². The van der Waals surface area contributed by atoms with Crippen molar-refractivity contribution < 1.29 is 23.8 Å². The molecule has 5 heteroatoms. The summed E-state index contributed by atoms with van der Waals surface area (Å²) in [6.45, 7) is 4.48. The molecular weight excluding hydrogens is 248 g/mol. The second-order valence-corrected chi connectivity index (χ2v) is 4.40. The third-order valence-electron chi connectivity index (χ3n) is 2.38. The van der Waals surface area contributed by atoms with Gasteiger partial charge in [-0.05, 0) is 24.1 Å². The van der Waals surface area contributed by atoms with Gasteiger partial charge in [-0.1, -0.05) is 13.8 Å². The van der Waals surface area contributed by atoms with Gasteiger partial charge in [0, 0.05) is 0 Å². The number of esters is 2. The van der Waals surface area contributed by atoms with Crippen LogP contribution in [0.25, 0.3) is 0 Å². The van der Waals surface area contributed by atoms with Gasteiger partial charge < -0.3 is 14.2 Å². The lowest BCUT2D eigenvalue weighted by atomic mass is 10.1. The third-order valence-corrected chi connectivity index (χ3v) is 2.38. The molecule has 104 valence electrons. The third kappa shape index (κ3) is 3.98. The van der Waals surface area contributed by atoms with E-state index in [-0.39, 0.29) is 11.1 Å². The number of ether oxygens (including phenoxy) is 3. The minimum atomic E-state index is -0.551. The summed E-state index contributed by atoms with van der Waals surface area (Å²) in [4.78, 5) is 23.1. The lowest BCUT2D eigenvalue weighted by molar-refractivity contribution is 0.0594. The van der Waals surface area contributed by atoms with Crippen LogP contribution in [0.5, 0.6) is 5.75 Å². The summed E-state index contributed by atoms with van der Waals surface area (Å²) in [7, 11) is 2.56. The molecule has 1 aromatic carbocycles. The summed E-state index contributed by atoms with van der Waals surface area (Å²) in [5.74, 6) is -0.343. The molecule has 0 N–H and O–H groups in total. The van der Waals surface area contributed by atoms with Crippen LogP contribution in [0, 0.1) is 5.92 Å². The van der Waals surface area contributed by atoms with Gasteiger partial charge in [0.1, 0.15) is 11.3 Å². The van der Waals surface area contributed by atoms with Gasteiger partial charge in [0.15, 0.2) is 0 Å². The minimum Gasteiger partial charge on any atom is -0.492 e. The number of benzene rings is 1. The van der Waals surface area contributed by atoms with Crippen LogP contribution in [0.15, 0.2) is 18.2 Å². The van der Waals surface area contributed by atoms with Crippen molar-refractivity contribution in [1.82, 2.24) is 0 Å². The van der Waals surface area contributed by atoms with Crippen molar-refractivity contribution in [3.8, 4) is 5.75 Å². The predicted molar refractivity (Wildman–Crippen MR) is 69.5 cm³/mol. The number of hydrogen-bond donors (Lipinski definition) is 0. The van der Waals surface area contributed by atoms with Crippen LogP contribution < -0.4 is 4.74 Å². The number of rotatable bonds is 5. The summed E-state index contributed by atoms with van der Waals surface area (Å²) < 4.78 is 14.8. The Hall–Kier alpha value is -2.04. The molecule has 0 amide bonds. The Bertz CT molecular complexity index is 465. The van der Waals surface area contributed by atoms with Gasteiger partial charge in [-0.3, -0.25) is 0 Å². The second-order valence-electron chi connectivity index (χ2n) is 4.40. The van der Waals surface area contributed by atoms with Crippen molar-refractivity contribution in [2.45, 2.75) is 13.8 Å². The molecule has 0 unspecified atom stereocenters. The first-order valence-electron chi connectivity index (χ1n) is 5.93. The Morgan fingerprint density at radius 1 is 1.11 bits per heavy atom. The summed E-state index contributed by atoms with van der Waals surface area (Å²) in [6.07, 6.45) is 0. The smallest absolute Gasteiger partial charge is 0.341 e. The largest absolute Gasteiger partial charge is 0.492 e. The lowest BCUT2D eigenvalue weighted by Crippen LogP contribution is -2.11. The van der Waals surface area contributed by atoms with E-state index >= 15 is 0 Å². The Labute approximate surface area is 112 Å². The molecule has 0 atom stereocenters. The van der Waals surface area contributed by atoms with E-state index in [9.17, 15) is 9.59 Å². The van der Waals surface area contributed by atoms with Crippen LogP contribution in [0.3, 0.4) is 0 Å². The summed E-state index contributed by atoms with van der Waals surface area (Å²) in [5.41, 5.74) is 0.492. The van der Waals surface area contributed by atoms with Crippen LogP contribution in [0.1, 0.15) is 34.6 Å². The standard InChI is InChI=1S/C14H18O5/c1-9(2)8-19-12-6-5-10(13(15)17-3)7-11(12)14(16)18-4/h5-7,9H,8H2,1-4H3. The predicted octanol–water partition coefficient (Wildman–Crippen LogP) is 2.29. The normalized spacial score (nSPS) is 10.2. The first-order chi connectivity index (χ1) is 8.99. The minimum absolute atomic E-state index is 0.214. The Morgan fingerprint density at radius 3 is 2.26 bits per heavy atom. The highest BCUT2D eigenvalue weighted by molar-refractivity contribution is 5.97. The van der Waals surface area contributed by atoms with E-state index in [0.29, 0.717) is 18.3 Å². The SMILES string of the molecule is COC(=O)c1ccc(OCC(C)C)c(C(=O)OC)c1. The van der Waals surface area contributed by atoms with Gasteiger partial charge in [-0.25, -0.2) is 9.59 Å². The van der Waals surface area contributed by atoms with E-state index in [1.807, 2.05) is 13.8 Å². The summed E-state index contributed by atoms with van der Waals surface area (Å²) in [5, 5.41) is 0. The average Bonchev–Trinajstić information content (AvgIpc) is 2.43.